The minimum absolute atomic E-state index is 0.0209. The lowest BCUT2D eigenvalue weighted by atomic mass is 9.86. The number of carbonyl (C=O) groups is 1. The summed E-state index contributed by atoms with van der Waals surface area (Å²) in [5, 5.41) is 3.15. The molecule has 1 saturated carbocycles. The average Bonchev–Trinajstić information content (AvgIpc) is 2.43. The summed E-state index contributed by atoms with van der Waals surface area (Å²) in [6.07, 6.45) is 4.26. The third kappa shape index (κ3) is 3.57. The lowest BCUT2D eigenvalue weighted by molar-refractivity contribution is -0.132. The fourth-order valence-electron chi connectivity index (χ4n) is 2.81. The van der Waals surface area contributed by atoms with Gasteiger partial charge in [-0.3, -0.25) is 4.79 Å². The highest BCUT2D eigenvalue weighted by atomic mass is 16.5. The summed E-state index contributed by atoms with van der Waals surface area (Å²) in [7, 11) is 1.58. The Balaban J connectivity index is 2.01. The second kappa shape index (κ2) is 6.71. The van der Waals surface area contributed by atoms with Gasteiger partial charge in [0.15, 0.2) is 6.10 Å². The molecule has 3 nitrogen and oxygen atoms in total. The van der Waals surface area contributed by atoms with Crippen molar-refractivity contribution in [3.8, 4) is 0 Å². The number of methoxy groups -OCH3 is 1. The normalized spacial score (nSPS) is 24.7. The van der Waals surface area contributed by atoms with Crippen molar-refractivity contribution in [1.29, 1.82) is 0 Å². The molecule has 0 heterocycles. The Kier molecular flexibility index (Phi) is 4.97. The molecule has 1 aliphatic carbocycles. The first-order valence-corrected chi connectivity index (χ1v) is 7.10. The number of hydrogen-bond donors (Lipinski definition) is 1. The van der Waals surface area contributed by atoms with Gasteiger partial charge in [0.05, 0.1) is 0 Å². The van der Waals surface area contributed by atoms with E-state index in [0.717, 1.165) is 12.0 Å². The van der Waals surface area contributed by atoms with E-state index in [9.17, 15) is 4.79 Å². The number of rotatable bonds is 4. The highest BCUT2D eigenvalue weighted by Gasteiger charge is 2.27. The monoisotopic (exact) mass is 261 g/mol. The SMILES string of the molecule is COC(C(=O)NC1CCCCC1C)c1ccccc1. The quantitative estimate of drug-likeness (QED) is 0.904. The second-order valence-electron chi connectivity index (χ2n) is 5.40. The van der Waals surface area contributed by atoms with Crippen molar-refractivity contribution >= 4 is 5.91 Å². The van der Waals surface area contributed by atoms with E-state index < -0.39 is 6.10 Å². The maximum absolute atomic E-state index is 12.4. The van der Waals surface area contributed by atoms with Gasteiger partial charge in [0.25, 0.3) is 5.91 Å². The van der Waals surface area contributed by atoms with Gasteiger partial charge < -0.3 is 10.1 Å². The van der Waals surface area contributed by atoms with Gasteiger partial charge in [-0.25, -0.2) is 0 Å². The summed E-state index contributed by atoms with van der Waals surface area (Å²) < 4.78 is 5.36. The molecular weight excluding hydrogens is 238 g/mol. The van der Waals surface area contributed by atoms with E-state index in [1.54, 1.807) is 7.11 Å². The maximum Gasteiger partial charge on any atom is 0.253 e. The molecule has 3 unspecified atom stereocenters. The summed E-state index contributed by atoms with van der Waals surface area (Å²) >= 11 is 0. The molecule has 0 saturated heterocycles. The van der Waals surface area contributed by atoms with Crippen molar-refractivity contribution in [1.82, 2.24) is 5.32 Å². The van der Waals surface area contributed by atoms with Crippen molar-refractivity contribution < 1.29 is 9.53 Å². The van der Waals surface area contributed by atoms with E-state index in [1.165, 1.54) is 19.3 Å². The molecular formula is C16H23NO2. The Morgan fingerprint density at radius 1 is 1.26 bits per heavy atom. The molecule has 104 valence electrons. The van der Waals surface area contributed by atoms with Crippen molar-refractivity contribution in [2.45, 2.75) is 44.8 Å². The van der Waals surface area contributed by atoms with Gasteiger partial charge in [0.2, 0.25) is 0 Å². The van der Waals surface area contributed by atoms with E-state index in [2.05, 4.69) is 12.2 Å². The second-order valence-corrected chi connectivity index (χ2v) is 5.40. The molecule has 1 aromatic rings. The lowest BCUT2D eigenvalue weighted by Crippen LogP contribution is -2.43. The highest BCUT2D eigenvalue weighted by Crippen LogP contribution is 2.25. The van der Waals surface area contributed by atoms with Crippen LogP contribution in [-0.4, -0.2) is 19.1 Å². The van der Waals surface area contributed by atoms with Gasteiger partial charge in [-0.2, -0.15) is 0 Å². The molecule has 0 radical (unpaired) electrons. The summed E-state index contributed by atoms with van der Waals surface area (Å²) in [6, 6.07) is 9.95. The Morgan fingerprint density at radius 2 is 1.95 bits per heavy atom. The summed E-state index contributed by atoms with van der Waals surface area (Å²) in [4.78, 5) is 12.4. The zero-order chi connectivity index (χ0) is 13.7. The molecule has 1 fully saturated rings. The Morgan fingerprint density at radius 3 is 2.58 bits per heavy atom. The van der Waals surface area contributed by atoms with Crippen molar-refractivity contribution in [3.63, 3.8) is 0 Å². The zero-order valence-corrected chi connectivity index (χ0v) is 11.8. The number of benzene rings is 1. The number of amides is 1. The molecule has 1 aromatic carbocycles. The first-order valence-electron chi connectivity index (χ1n) is 7.10. The maximum atomic E-state index is 12.4. The van der Waals surface area contributed by atoms with Crippen molar-refractivity contribution in [2.75, 3.05) is 7.11 Å². The van der Waals surface area contributed by atoms with Gasteiger partial charge in [0.1, 0.15) is 0 Å². The van der Waals surface area contributed by atoms with Crippen molar-refractivity contribution in [2.24, 2.45) is 5.92 Å². The molecule has 3 heteroatoms. The van der Waals surface area contributed by atoms with E-state index in [1.807, 2.05) is 30.3 Å². The third-order valence-electron chi connectivity index (χ3n) is 4.02. The van der Waals surface area contributed by atoms with E-state index in [0.29, 0.717) is 12.0 Å². The van der Waals surface area contributed by atoms with Gasteiger partial charge in [-0.15, -0.1) is 0 Å². The number of carbonyl (C=O) groups excluding carboxylic acids is 1. The molecule has 2 rings (SSSR count). The van der Waals surface area contributed by atoms with Gasteiger partial charge in [-0.1, -0.05) is 50.1 Å². The van der Waals surface area contributed by atoms with Crippen LogP contribution >= 0.6 is 0 Å². The minimum Gasteiger partial charge on any atom is -0.367 e. The van der Waals surface area contributed by atoms with Crippen LogP contribution in [0.5, 0.6) is 0 Å². The molecule has 1 N–H and O–H groups in total. The number of hydrogen-bond acceptors (Lipinski definition) is 2. The van der Waals surface area contributed by atoms with E-state index in [-0.39, 0.29) is 5.91 Å². The third-order valence-corrected chi connectivity index (χ3v) is 4.02. The molecule has 0 bridgehead atoms. The van der Waals surface area contributed by atoms with Crippen LogP contribution in [-0.2, 0) is 9.53 Å². The van der Waals surface area contributed by atoms with E-state index in [4.69, 9.17) is 4.74 Å². The predicted octanol–water partition coefficient (Wildman–Crippen LogP) is 3.07. The lowest BCUT2D eigenvalue weighted by Gasteiger charge is -2.30. The Bertz CT molecular complexity index is 404. The van der Waals surface area contributed by atoms with Gasteiger partial charge in [0, 0.05) is 13.2 Å². The molecule has 19 heavy (non-hydrogen) atoms. The first-order chi connectivity index (χ1) is 9.22. The molecule has 3 atom stereocenters. The summed E-state index contributed by atoms with van der Waals surface area (Å²) in [5.41, 5.74) is 0.908. The summed E-state index contributed by atoms with van der Waals surface area (Å²) in [6.45, 7) is 2.22. The Labute approximate surface area is 115 Å². The van der Waals surface area contributed by atoms with Gasteiger partial charge in [-0.05, 0) is 24.3 Å². The fraction of sp³-hybridized carbons (Fsp3) is 0.562. The van der Waals surface area contributed by atoms with Crippen molar-refractivity contribution in [3.05, 3.63) is 35.9 Å². The molecule has 0 spiro atoms. The van der Waals surface area contributed by atoms with Crippen LogP contribution < -0.4 is 5.32 Å². The van der Waals surface area contributed by atoms with Crippen LogP contribution in [0.25, 0.3) is 0 Å². The standard InChI is InChI=1S/C16H23NO2/c1-12-8-6-7-11-14(12)17-16(18)15(19-2)13-9-4-3-5-10-13/h3-5,9-10,12,14-15H,6-8,11H2,1-2H3,(H,17,18). The highest BCUT2D eigenvalue weighted by molar-refractivity contribution is 5.82. The number of nitrogens with one attached hydrogen (secondary N) is 1. The first kappa shape index (κ1) is 14.1. The average molecular weight is 261 g/mol. The van der Waals surface area contributed by atoms with Crippen LogP contribution in [0.4, 0.5) is 0 Å². The van der Waals surface area contributed by atoms with E-state index >= 15 is 0 Å². The van der Waals surface area contributed by atoms with Crippen LogP contribution in [0.2, 0.25) is 0 Å². The fourth-order valence-corrected chi connectivity index (χ4v) is 2.81. The minimum atomic E-state index is -0.504. The van der Waals surface area contributed by atoms with Crippen LogP contribution in [0.3, 0.4) is 0 Å². The van der Waals surface area contributed by atoms with Crippen LogP contribution in [0.15, 0.2) is 30.3 Å². The largest absolute Gasteiger partial charge is 0.367 e. The smallest absolute Gasteiger partial charge is 0.253 e. The number of ether oxygens (including phenoxy) is 1. The zero-order valence-electron chi connectivity index (χ0n) is 11.8. The topological polar surface area (TPSA) is 38.3 Å². The van der Waals surface area contributed by atoms with Crippen LogP contribution in [0.1, 0.15) is 44.3 Å². The van der Waals surface area contributed by atoms with Gasteiger partial charge >= 0.3 is 0 Å². The predicted molar refractivity (Wildman–Crippen MR) is 75.8 cm³/mol. The molecule has 0 aliphatic heterocycles. The summed E-state index contributed by atoms with van der Waals surface area (Å²) in [5.74, 6) is 0.540. The Hall–Kier alpha value is -1.35. The molecule has 0 aromatic heterocycles. The molecule has 1 amide bonds. The van der Waals surface area contributed by atoms with Crippen LogP contribution in [0, 0.1) is 5.92 Å². The molecule has 1 aliphatic rings.